The smallest absolute Gasteiger partial charge is 0.320 e. The van der Waals surface area contributed by atoms with Crippen molar-refractivity contribution in [3.63, 3.8) is 0 Å². The lowest BCUT2D eigenvalue weighted by Crippen LogP contribution is -2.42. The molecule has 1 aromatic carbocycles. The summed E-state index contributed by atoms with van der Waals surface area (Å²) in [5.74, 6) is 0.744. The van der Waals surface area contributed by atoms with Gasteiger partial charge in [0.1, 0.15) is 0 Å². The van der Waals surface area contributed by atoms with Crippen molar-refractivity contribution in [3.8, 4) is 5.69 Å². The SMILES string of the molecule is COCCN1CC(c2cnn(C)c2)[C@H](NC(=O)Nc2c(Br)c(C)nn2-c2ccccc2)C1. The summed E-state index contributed by atoms with van der Waals surface area (Å²) in [6.45, 7) is 4.95. The lowest BCUT2D eigenvalue weighted by atomic mass is 9.97. The molecule has 0 saturated carbocycles. The molecule has 0 bridgehead atoms. The van der Waals surface area contributed by atoms with E-state index in [1.165, 1.54) is 0 Å². The van der Waals surface area contributed by atoms with E-state index in [-0.39, 0.29) is 18.0 Å². The first kappa shape index (κ1) is 22.5. The van der Waals surface area contributed by atoms with Crippen LogP contribution in [0.3, 0.4) is 0 Å². The number of hydrogen-bond acceptors (Lipinski definition) is 5. The summed E-state index contributed by atoms with van der Waals surface area (Å²) in [5, 5.41) is 15.1. The zero-order valence-corrected chi connectivity index (χ0v) is 20.0. The van der Waals surface area contributed by atoms with Gasteiger partial charge in [0.2, 0.25) is 0 Å². The van der Waals surface area contributed by atoms with Crippen LogP contribution in [0.5, 0.6) is 0 Å². The largest absolute Gasteiger partial charge is 0.383 e. The van der Waals surface area contributed by atoms with E-state index in [4.69, 9.17) is 4.74 Å². The molecule has 0 radical (unpaired) electrons. The number of nitrogens with one attached hydrogen (secondary N) is 2. The molecule has 2 amide bonds. The number of hydrogen-bond donors (Lipinski definition) is 2. The molecule has 2 N–H and O–H groups in total. The number of aromatic nitrogens is 4. The summed E-state index contributed by atoms with van der Waals surface area (Å²) < 4.78 is 9.53. The molecule has 1 unspecified atom stereocenters. The van der Waals surface area contributed by atoms with E-state index in [9.17, 15) is 4.79 Å². The molecule has 3 aromatic rings. The first-order valence-corrected chi connectivity index (χ1v) is 11.3. The van der Waals surface area contributed by atoms with Gasteiger partial charge in [-0.1, -0.05) is 18.2 Å². The predicted molar refractivity (Wildman–Crippen MR) is 126 cm³/mol. The van der Waals surface area contributed by atoms with E-state index in [0.29, 0.717) is 12.4 Å². The summed E-state index contributed by atoms with van der Waals surface area (Å²) in [7, 11) is 3.61. The van der Waals surface area contributed by atoms with Gasteiger partial charge in [-0.2, -0.15) is 10.2 Å². The van der Waals surface area contributed by atoms with Crippen LogP contribution in [0.1, 0.15) is 17.2 Å². The second kappa shape index (κ2) is 9.85. The summed E-state index contributed by atoms with van der Waals surface area (Å²) in [6.07, 6.45) is 3.89. The van der Waals surface area contributed by atoms with Crippen molar-refractivity contribution in [2.75, 3.05) is 38.7 Å². The molecular weight excluding hydrogens is 474 g/mol. The van der Waals surface area contributed by atoms with Gasteiger partial charge in [0.15, 0.2) is 5.82 Å². The number of aryl methyl sites for hydroxylation is 2. The number of halogens is 1. The standard InChI is InChI=1S/C22H28BrN7O2/c1-15-20(23)21(30(27-15)17-7-5-4-6-8-17)26-22(31)25-19-14-29(9-10-32-3)13-18(19)16-11-24-28(2)12-16/h4-8,11-12,18-19H,9-10,13-14H2,1-3H3,(H2,25,26,31)/t18?,19-/m1/s1. The number of anilines is 1. The summed E-state index contributed by atoms with van der Waals surface area (Å²) in [6, 6.07) is 9.41. The molecule has 1 aliphatic heterocycles. The monoisotopic (exact) mass is 501 g/mol. The molecule has 9 nitrogen and oxygen atoms in total. The van der Waals surface area contributed by atoms with Crippen LogP contribution in [-0.4, -0.2) is 69.9 Å². The molecule has 3 heterocycles. The van der Waals surface area contributed by atoms with E-state index in [0.717, 1.165) is 41.1 Å². The third-order valence-electron chi connectivity index (χ3n) is 5.70. The number of nitrogens with zero attached hydrogens (tertiary/aromatic N) is 5. The van der Waals surface area contributed by atoms with Crippen molar-refractivity contribution in [1.29, 1.82) is 0 Å². The molecule has 2 atom stereocenters. The second-order valence-electron chi connectivity index (χ2n) is 8.01. The highest BCUT2D eigenvalue weighted by atomic mass is 79.9. The van der Waals surface area contributed by atoms with E-state index in [1.54, 1.807) is 16.5 Å². The molecule has 0 aliphatic carbocycles. The maximum Gasteiger partial charge on any atom is 0.320 e. The van der Waals surface area contributed by atoms with Crippen molar-refractivity contribution in [1.82, 2.24) is 29.8 Å². The van der Waals surface area contributed by atoms with E-state index in [1.807, 2.05) is 56.7 Å². The number of urea groups is 1. The van der Waals surface area contributed by atoms with E-state index in [2.05, 4.69) is 41.7 Å². The van der Waals surface area contributed by atoms with Crippen molar-refractivity contribution in [3.05, 3.63) is 58.5 Å². The molecule has 1 fully saturated rings. The fourth-order valence-corrected chi connectivity index (χ4v) is 4.43. The normalized spacial score (nSPS) is 18.8. The number of carbonyl (C=O) groups is 1. The van der Waals surface area contributed by atoms with Gasteiger partial charge in [-0.05, 0) is 40.5 Å². The van der Waals surface area contributed by atoms with Crippen LogP contribution in [0.2, 0.25) is 0 Å². The van der Waals surface area contributed by atoms with Gasteiger partial charge in [-0.15, -0.1) is 0 Å². The third-order valence-corrected chi connectivity index (χ3v) is 6.65. The molecule has 0 spiro atoms. The lowest BCUT2D eigenvalue weighted by molar-refractivity contribution is 0.159. The quantitative estimate of drug-likeness (QED) is 0.519. The fraction of sp³-hybridized carbons (Fsp3) is 0.409. The highest BCUT2D eigenvalue weighted by molar-refractivity contribution is 9.10. The Kier molecular flexibility index (Phi) is 6.92. The minimum Gasteiger partial charge on any atom is -0.383 e. The van der Waals surface area contributed by atoms with Crippen LogP contribution in [-0.2, 0) is 11.8 Å². The van der Waals surface area contributed by atoms with Crippen LogP contribution in [0, 0.1) is 6.92 Å². The molecule has 4 rings (SSSR count). The molecule has 2 aromatic heterocycles. The van der Waals surface area contributed by atoms with Gasteiger partial charge < -0.3 is 10.1 Å². The second-order valence-corrected chi connectivity index (χ2v) is 8.80. The highest BCUT2D eigenvalue weighted by Crippen LogP contribution is 2.30. The van der Waals surface area contributed by atoms with E-state index < -0.39 is 0 Å². The molecular formula is C22H28BrN7O2. The Bertz CT molecular complexity index is 1070. The average molecular weight is 502 g/mol. The Morgan fingerprint density at radius 1 is 1.28 bits per heavy atom. The van der Waals surface area contributed by atoms with Gasteiger partial charge >= 0.3 is 6.03 Å². The van der Waals surface area contributed by atoms with Crippen molar-refractivity contribution in [2.24, 2.45) is 7.05 Å². The van der Waals surface area contributed by atoms with Crippen LogP contribution in [0.25, 0.3) is 5.69 Å². The number of rotatable bonds is 7. The zero-order chi connectivity index (χ0) is 22.7. The maximum atomic E-state index is 13.1. The summed E-state index contributed by atoms with van der Waals surface area (Å²) in [4.78, 5) is 15.4. The number of carbonyl (C=O) groups excluding carboxylic acids is 1. The summed E-state index contributed by atoms with van der Waals surface area (Å²) in [5.41, 5.74) is 2.78. The number of benzene rings is 1. The summed E-state index contributed by atoms with van der Waals surface area (Å²) >= 11 is 3.57. The first-order chi connectivity index (χ1) is 15.5. The fourth-order valence-electron chi connectivity index (χ4n) is 4.09. The minimum absolute atomic E-state index is 0.0518. The van der Waals surface area contributed by atoms with Crippen molar-refractivity contribution in [2.45, 2.75) is 18.9 Å². The van der Waals surface area contributed by atoms with Gasteiger partial charge in [-0.25, -0.2) is 9.48 Å². The number of para-hydroxylation sites is 1. The Balaban J connectivity index is 1.51. The Morgan fingerprint density at radius 3 is 2.75 bits per heavy atom. The van der Waals surface area contributed by atoms with Crippen LogP contribution >= 0.6 is 15.9 Å². The van der Waals surface area contributed by atoms with Gasteiger partial charge in [0.25, 0.3) is 0 Å². The number of amides is 2. The van der Waals surface area contributed by atoms with E-state index >= 15 is 0 Å². The Labute approximate surface area is 195 Å². The zero-order valence-electron chi connectivity index (χ0n) is 18.5. The third kappa shape index (κ3) is 4.87. The maximum absolute atomic E-state index is 13.1. The lowest BCUT2D eigenvalue weighted by Gasteiger charge is -2.19. The van der Waals surface area contributed by atoms with Crippen molar-refractivity contribution < 1.29 is 9.53 Å². The minimum atomic E-state index is -0.268. The van der Waals surface area contributed by atoms with Crippen molar-refractivity contribution >= 4 is 27.8 Å². The van der Waals surface area contributed by atoms with Gasteiger partial charge in [0.05, 0.1) is 34.7 Å². The number of ether oxygens (including phenoxy) is 1. The van der Waals surface area contributed by atoms with Gasteiger partial charge in [-0.3, -0.25) is 14.9 Å². The van der Waals surface area contributed by atoms with Crippen LogP contribution in [0.4, 0.5) is 10.6 Å². The predicted octanol–water partition coefficient (Wildman–Crippen LogP) is 2.91. The molecule has 1 saturated heterocycles. The molecule has 32 heavy (non-hydrogen) atoms. The van der Waals surface area contributed by atoms with Gasteiger partial charge in [0, 0.05) is 45.9 Å². The Hall–Kier alpha value is -2.69. The topological polar surface area (TPSA) is 89.2 Å². The molecule has 1 aliphatic rings. The molecule has 170 valence electrons. The average Bonchev–Trinajstić information content (AvgIpc) is 3.46. The number of likely N-dealkylation sites (tertiary alicyclic amines) is 1. The number of methoxy groups -OCH3 is 1. The van der Waals surface area contributed by atoms with Crippen LogP contribution < -0.4 is 10.6 Å². The first-order valence-electron chi connectivity index (χ1n) is 10.5. The Morgan fingerprint density at radius 2 is 2.06 bits per heavy atom. The molecule has 10 heteroatoms. The highest BCUT2D eigenvalue weighted by Gasteiger charge is 2.35. The van der Waals surface area contributed by atoms with Crippen LogP contribution in [0.15, 0.2) is 47.2 Å².